The molecule has 7 heteroatoms. The van der Waals surface area contributed by atoms with Crippen LogP contribution in [0.1, 0.15) is 27.4 Å². The van der Waals surface area contributed by atoms with E-state index in [0.29, 0.717) is 40.2 Å². The molecule has 1 amide bonds. The summed E-state index contributed by atoms with van der Waals surface area (Å²) in [5.41, 5.74) is 2.43. The second kappa shape index (κ2) is 8.28. The predicted octanol–water partition coefficient (Wildman–Crippen LogP) is 4.41. The predicted molar refractivity (Wildman–Crippen MR) is 106 cm³/mol. The van der Waals surface area contributed by atoms with Gasteiger partial charge in [0.2, 0.25) is 0 Å². The maximum atomic E-state index is 14.2. The number of amides is 1. The molecule has 0 radical (unpaired) electrons. The summed E-state index contributed by atoms with van der Waals surface area (Å²) in [7, 11) is 1.54. The zero-order valence-electron chi connectivity index (χ0n) is 16.6. The summed E-state index contributed by atoms with van der Waals surface area (Å²) in [4.78, 5) is 12.3. The van der Waals surface area contributed by atoms with Crippen LogP contribution in [0.5, 0.6) is 5.75 Å². The second-order valence-electron chi connectivity index (χ2n) is 7.26. The second-order valence-corrected chi connectivity index (χ2v) is 7.26. The lowest BCUT2D eigenvalue weighted by Gasteiger charge is -2.14. The standard InChI is InChI=1S/C23H21F2NO4/c1-13-7-14(3-5-20(13)25)19-10-16(24)8-15-9-18(30-22(15)19)11-26-23(27)21-6-4-17(29-21)12-28-2/h3-8,10,18H,9,11-12H2,1-2H3,(H,26,27)/t18-/m1/s1. The lowest BCUT2D eigenvalue weighted by molar-refractivity contribution is 0.0897. The Morgan fingerprint density at radius 1 is 1.20 bits per heavy atom. The molecule has 156 valence electrons. The molecule has 0 saturated heterocycles. The van der Waals surface area contributed by atoms with Crippen LogP contribution in [-0.4, -0.2) is 25.7 Å². The van der Waals surface area contributed by atoms with Crippen molar-refractivity contribution < 1.29 is 27.5 Å². The van der Waals surface area contributed by atoms with Gasteiger partial charge in [-0.15, -0.1) is 0 Å². The SMILES string of the molecule is COCc1ccc(C(=O)NC[C@H]2Cc3cc(F)cc(-c4ccc(F)c(C)c4)c3O2)o1. The van der Waals surface area contributed by atoms with Gasteiger partial charge in [0.25, 0.3) is 5.91 Å². The number of aryl methyl sites for hydroxylation is 1. The Labute approximate surface area is 172 Å². The van der Waals surface area contributed by atoms with Gasteiger partial charge >= 0.3 is 0 Å². The average molecular weight is 413 g/mol. The first-order valence-corrected chi connectivity index (χ1v) is 9.56. The fraction of sp³-hybridized carbons (Fsp3) is 0.261. The summed E-state index contributed by atoms with van der Waals surface area (Å²) in [5, 5.41) is 2.78. The third-order valence-corrected chi connectivity index (χ3v) is 4.99. The molecule has 1 aromatic heterocycles. The molecular weight excluding hydrogens is 392 g/mol. The van der Waals surface area contributed by atoms with Crippen molar-refractivity contribution in [2.45, 2.75) is 26.1 Å². The third-order valence-electron chi connectivity index (χ3n) is 4.99. The highest BCUT2D eigenvalue weighted by Crippen LogP contribution is 2.40. The van der Waals surface area contributed by atoms with Crippen LogP contribution in [0.15, 0.2) is 46.9 Å². The monoisotopic (exact) mass is 413 g/mol. The quantitative estimate of drug-likeness (QED) is 0.650. The number of hydrogen-bond acceptors (Lipinski definition) is 4. The van der Waals surface area contributed by atoms with Gasteiger partial charge in [0.15, 0.2) is 5.76 Å². The molecule has 1 N–H and O–H groups in total. The lowest BCUT2D eigenvalue weighted by Crippen LogP contribution is -2.34. The number of ether oxygens (including phenoxy) is 2. The van der Waals surface area contributed by atoms with E-state index in [9.17, 15) is 13.6 Å². The molecular formula is C23H21F2NO4. The Morgan fingerprint density at radius 2 is 2.03 bits per heavy atom. The van der Waals surface area contributed by atoms with Gasteiger partial charge in [-0.25, -0.2) is 8.78 Å². The molecule has 1 atom stereocenters. The van der Waals surface area contributed by atoms with Crippen LogP contribution in [-0.2, 0) is 17.8 Å². The fourth-order valence-electron chi connectivity index (χ4n) is 3.55. The maximum Gasteiger partial charge on any atom is 0.287 e. The topological polar surface area (TPSA) is 60.7 Å². The average Bonchev–Trinajstić information content (AvgIpc) is 3.35. The van der Waals surface area contributed by atoms with Crippen molar-refractivity contribution in [2.75, 3.05) is 13.7 Å². The molecule has 0 bridgehead atoms. The van der Waals surface area contributed by atoms with Gasteiger partial charge in [0.05, 0.1) is 6.54 Å². The van der Waals surface area contributed by atoms with Crippen molar-refractivity contribution in [2.24, 2.45) is 0 Å². The Hall–Kier alpha value is -3.19. The van der Waals surface area contributed by atoms with Crippen molar-refractivity contribution >= 4 is 5.91 Å². The zero-order valence-corrected chi connectivity index (χ0v) is 16.6. The normalized spacial score (nSPS) is 15.0. The van der Waals surface area contributed by atoms with E-state index in [2.05, 4.69) is 5.32 Å². The molecule has 0 fully saturated rings. The molecule has 4 rings (SSSR count). The minimum Gasteiger partial charge on any atom is -0.487 e. The molecule has 5 nitrogen and oxygen atoms in total. The summed E-state index contributed by atoms with van der Waals surface area (Å²) in [6, 6.07) is 10.7. The van der Waals surface area contributed by atoms with Crippen LogP contribution < -0.4 is 10.1 Å². The number of rotatable bonds is 6. The molecule has 0 saturated carbocycles. The number of carbonyl (C=O) groups excluding carboxylic acids is 1. The van der Waals surface area contributed by atoms with Crippen LogP contribution in [0, 0.1) is 18.6 Å². The number of nitrogens with one attached hydrogen (secondary N) is 1. The maximum absolute atomic E-state index is 14.2. The van der Waals surface area contributed by atoms with Gasteiger partial charge < -0.3 is 19.2 Å². The molecule has 1 aliphatic rings. The first-order valence-electron chi connectivity index (χ1n) is 9.56. The van der Waals surface area contributed by atoms with Gasteiger partial charge in [-0.2, -0.15) is 0 Å². The molecule has 2 aromatic carbocycles. The highest BCUT2D eigenvalue weighted by Gasteiger charge is 2.28. The Kier molecular flexibility index (Phi) is 5.55. The Morgan fingerprint density at radius 3 is 2.80 bits per heavy atom. The van der Waals surface area contributed by atoms with Gasteiger partial charge in [-0.05, 0) is 54.4 Å². The molecule has 0 spiro atoms. The number of fused-ring (bicyclic) bond motifs is 1. The summed E-state index contributed by atoms with van der Waals surface area (Å²) < 4.78 is 44.2. The van der Waals surface area contributed by atoms with Crippen molar-refractivity contribution in [3.05, 3.63) is 76.7 Å². The number of furan rings is 1. The fourth-order valence-corrected chi connectivity index (χ4v) is 3.55. The van der Waals surface area contributed by atoms with Crippen LogP contribution in [0.4, 0.5) is 8.78 Å². The van der Waals surface area contributed by atoms with Gasteiger partial charge in [0.1, 0.15) is 35.9 Å². The first kappa shape index (κ1) is 20.1. The highest BCUT2D eigenvalue weighted by molar-refractivity contribution is 5.91. The molecule has 0 aliphatic carbocycles. The van der Waals surface area contributed by atoms with Crippen LogP contribution >= 0.6 is 0 Å². The summed E-state index contributed by atoms with van der Waals surface area (Å²) in [5.74, 6) is 0.229. The number of methoxy groups -OCH3 is 1. The Bertz CT molecular complexity index is 1090. The van der Waals surface area contributed by atoms with Crippen molar-refractivity contribution in [1.82, 2.24) is 5.32 Å². The molecule has 2 heterocycles. The van der Waals surface area contributed by atoms with E-state index in [1.807, 2.05) is 0 Å². The summed E-state index contributed by atoms with van der Waals surface area (Å²) in [6.07, 6.45) is 0.104. The van der Waals surface area contributed by atoms with Crippen molar-refractivity contribution in [1.29, 1.82) is 0 Å². The lowest BCUT2D eigenvalue weighted by atomic mass is 9.99. The number of benzene rings is 2. The van der Waals surface area contributed by atoms with Crippen molar-refractivity contribution in [3.63, 3.8) is 0 Å². The van der Waals surface area contributed by atoms with Crippen LogP contribution in [0.3, 0.4) is 0 Å². The van der Waals surface area contributed by atoms with Crippen molar-refractivity contribution in [3.8, 4) is 16.9 Å². The minimum atomic E-state index is -0.389. The van der Waals surface area contributed by atoms with Gasteiger partial charge in [-0.1, -0.05) is 6.07 Å². The van der Waals surface area contributed by atoms with E-state index in [4.69, 9.17) is 13.9 Å². The van der Waals surface area contributed by atoms with Gasteiger partial charge in [-0.3, -0.25) is 4.79 Å². The minimum absolute atomic E-state index is 0.186. The number of carbonyl (C=O) groups is 1. The number of halogens is 2. The highest BCUT2D eigenvalue weighted by atomic mass is 19.1. The smallest absolute Gasteiger partial charge is 0.287 e. The molecule has 1 aliphatic heterocycles. The molecule has 0 unspecified atom stereocenters. The van der Waals surface area contributed by atoms with Crippen LogP contribution in [0.25, 0.3) is 11.1 Å². The summed E-state index contributed by atoms with van der Waals surface area (Å²) >= 11 is 0. The third kappa shape index (κ3) is 4.07. The molecule has 30 heavy (non-hydrogen) atoms. The van der Waals surface area contributed by atoms with Gasteiger partial charge in [0, 0.05) is 24.7 Å². The first-order chi connectivity index (χ1) is 14.4. The number of hydrogen-bond donors (Lipinski definition) is 1. The van der Waals surface area contributed by atoms with E-state index in [1.165, 1.54) is 18.2 Å². The van der Waals surface area contributed by atoms with E-state index >= 15 is 0 Å². The Balaban J connectivity index is 1.47. The zero-order chi connectivity index (χ0) is 21.3. The van der Waals surface area contributed by atoms with E-state index in [-0.39, 0.29) is 42.6 Å². The van der Waals surface area contributed by atoms with E-state index in [1.54, 1.807) is 38.3 Å². The molecule has 3 aromatic rings. The largest absolute Gasteiger partial charge is 0.487 e. The van der Waals surface area contributed by atoms with E-state index < -0.39 is 0 Å². The van der Waals surface area contributed by atoms with Crippen LogP contribution in [0.2, 0.25) is 0 Å². The summed E-state index contributed by atoms with van der Waals surface area (Å²) in [6.45, 7) is 2.17. The van der Waals surface area contributed by atoms with E-state index in [0.717, 1.165) is 0 Å².